The van der Waals surface area contributed by atoms with Crippen molar-refractivity contribution >= 4 is 17.3 Å². The molecule has 0 spiro atoms. The Kier molecular flexibility index (Phi) is 3.49. The van der Waals surface area contributed by atoms with E-state index >= 15 is 0 Å². The molecule has 88 valence electrons. The zero-order valence-corrected chi connectivity index (χ0v) is 10.5. The maximum absolute atomic E-state index is 11.5. The van der Waals surface area contributed by atoms with E-state index in [1.54, 1.807) is 13.1 Å². The van der Waals surface area contributed by atoms with Gasteiger partial charge in [-0.25, -0.2) is 9.78 Å². The number of hydrogen-bond acceptors (Lipinski definition) is 5. The lowest BCUT2D eigenvalue weighted by molar-refractivity contribution is 0.0532. The third-order valence-electron chi connectivity index (χ3n) is 2.12. The van der Waals surface area contributed by atoms with Crippen molar-refractivity contribution in [3.05, 3.63) is 35.0 Å². The molecule has 0 aliphatic carbocycles. The predicted molar refractivity (Wildman–Crippen MR) is 66.0 cm³/mol. The normalized spacial score (nSPS) is 10.2. The van der Waals surface area contributed by atoms with Crippen LogP contribution in [0.5, 0.6) is 0 Å². The summed E-state index contributed by atoms with van der Waals surface area (Å²) in [4.78, 5) is 20.4. The number of aryl methyl sites for hydroxylation is 1. The van der Waals surface area contributed by atoms with E-state index in [0.29, 0.717) is 11.5 Å². The fourth-order valence-corrected chi connectivity index (χ4v) is 2.12. The zero-order valence-electron chi connectivity index (χ0n) is 9.64. The minimum Gasteiger partial charge on any atom is -0.462 e. The molecule has 0 N–H and O–H groups in total. The average molecular weight is 248 g/mol. The van der Waals surface area contributed by atoms with E-state index in [1.165, 1.54) is 17.5 Å². The Hall–Kier alpha value is -1.75. The van der Waals surface area contributed by atoms with Crippen LogP contribution in [-0.4, -0.2) is 22.5 Å². The van der Waals surface area contributed by atoms with Crippen molar-refractivity contribution < 1.29 is 9.53 Å². The molecule has 0 saturated carbocycles. The summed E-state index contributed by atoms with van der Waals surface area (Å²) in [6.45, 7) is 4.14. The number of esters is 1. The lowest BCUT2D eigenvalue weighted by Gasteiger charge is -1.97. The molecule has 5 heteroatoms. The van der Waals surface area contributed by atoms with Crippen molar-refractivity contribution in [2.75, 3.05) is 6.61 Å². The van der Waals surface area contributed by atoms with E-state index in [0.717, 1.165) is 16.3 Å². The van der Waals surface area contributed by atoms with E-state index < -0.39 is 0 Å². The molecule has 0 unspecified atom stereocenters. The van der Waals surface area contributed by atoms with Gasteiger partial charge in [-0.3, -0.25) is 4.98 Å². The smallest absolute Gasteiger partial charge is 0.349 e. The van der Waals surface area contributed by atoms with Gasteiger partial charge in [0.25, 0.3) is 0 Å². The summed E-state index contributed by atoms with van der Waals surface area (Å²) in [5.74, 6) is -0.330. The highest BCUT2D eigenvalue weighted by Gasteiger charge is 2.12. The number of pyridine rings is 1. The molecule has 0 saturated heterocycles. The molecule has 0 aromatic carbocycles. The van der Waals surface area contributed by atoms with Crippen LogP contribution in [0.2, 0.25) is 0 Å². The van der Waals surface area contributed by atoms with Crippen molar-refractivity contribution in [3.63, 3.8) is 0 Å². The molecule has 4 nitrogen and oxygen atoms in total. The van der Waals surface area contributed by atoms with Crippen LogP contribution in [0.1, 0.15) is 22.2 Å². The summed E-state index contributed by atoms with van der Waals surface area (Å²) in [6.07, 6.45) is 3.26. The van der Waals surface area contributed by atoms with E-state index in [2.05, 4.69) is 9.97 Å². The Bertz CT molecular complexity index is 537. The number of aromatic nitrogens is 2. The summed E-state index contributed by atoms with van der Waals surface area (Å²) in [5.41, 5.74) is 1.90. The first-order valence-electron chi connectivity index (χ1n) is 5.26. The molecule has 17 heavy (non-hydrogen) atoms. The molecule has 2 heterocycles. The van der Waals surface area contributed by atoms with Crippen LogP contribution in [0.15, 0.2) is 24.5 Å². The molecular formula is C12H12N2O2S. The van der Waals surface area contributed by atoms with E-state index in [-0.39, 0.29) is 5.97 Å². The molecule has 0 aliphatic rings. The van der Waals surface area contributed by atoms with Crippen molar-refractivity contribution in [2.24, 2.45) is 0 Å². The largest absolute Gasteiger partial charge is 0.462 e. The lowest BCUT2D eigenvalue weighted by atomic mass is 10.2. The molecule has 2 aromatic heterocycles. The summed E-state index contributed by atoms with van der Waals surface area (Å²) in [7, 11) is 0. The Morgan fingerprint density at radius 3 is 3.00 bits per heavy atom. The monoisotopic (exact) mass is 248 g/mol. The number of rotatable bonds is 3. The van der Waals surface area contributed by atoms with Gasteiger partial charge in [-0.15, -0.1) is 11.3 Å². The molecule has 2 aromatic rings. The third kappa shape index (κ3) is 2.68. The summed E-state index contributed by atoms with van der Waals surface area (Å²) < 4.78 is 4.91. The van der Waals surface area contributed by atoms with Gasteiger partial charge in [-0.1, -0.05) is 0 Å². The number of carbonyl (C=O) groups excluding carboxylic acids is 1. The Balaban J connectivity index is 2.27. The van der Waals surface area contributed by atoms with Crippen LogP contribution in [-0.2, 0) is 4.74 Å². The van der Waals surface area contributed by atoms with E-state index in [9.17, 15) is 4.79 Å². The minimum atomic E-state index is -0.330. The van der Waals surface area contributed by atoms with Gasteiger partial charge >= 0.3 is 5.97 Å². The van der Waals surface area contributed by atoms with Gasteiger partial charge in [-0.2, -0.15) is 0 Å². The minimum absolute atomic E-state index is 0.330. The summed E-state index contributed by atoms with van der Waals surface area (Å²) >= 11 is 1.29. The average Bonchev–Trinajstić information content (AvgIpc) is 2.78. The molecule has 0 aliphatic heterocycles. The quantitative estimate of drug-likeness (QED) is 0.784. The van der Waals surface area contributed by atoms with Gasteiger partial charge in [0.2, 0.25) is 0 Å². The first-order valence-corrected chi connectivity index (χ1v) is 6.08. The maximum atomic E-state index is 11.5. The fourth-order valence-electron chi connectivity index (χ4n) is 1.34. The van der Waals surface area contributed by atoms with Crippen LogP contribution in [0, 0.1) is 6.92 Å². The molecule has 2 rings (SSSR count). The number of thiazole rings is 1. The van der Waals surface area contributed by atoms with Crippen molar-refractivity contribution in [1.82, 2.24) is 9.97 Å². The molecule has 0 atom stereocenters. The van der Waals surface area contributed by atoms with Gasteiger partial charge in [-0.05, 0) is 31.5 Å². The second kappa shape index (κ2) is 5.05. The first-order chi connectivity index (χ1) is 8.20. The summed E-state index contributed by atoms with van der Waals surface area (Å²) in [6, 6.07) is 3.86. The molecule has 0 fully saturated rings. The highest BCUT2D eigenvalue weighted by atomic mass is 32.1. The van der Waals surface area contributed by atoms with Crippen LogP contribution in [0.25, 0.3) is 10.7 Å². The Labute approximate surface area is 103 Å². The Morgan fingerprint density at radius 2 is 2.29 bits per heavy atom. The number of ether oxygens (including phenoxy) is 1. The van der Waals surface area contributed by atoms with Crippen molar-refractivity contribution in [3.8, 4) is 10.7 Å². The predicted octanol–water partition coefficient (Wildman–Crippen LogP) is 2.69. The van der Waals surface area contributed by atoms with Gasteiger partial charge in [0, 0.05) is 6.20 Å². The second-order valence-electron chi connectivity index (χ2n) is 3.47. The highest BCUT2D eigenvalue weighted by Crippen LogP contribution is 2.24. The van der Waals surface area contributed by atoms with Gasteiger partial charge in [0.1, 0.15) is 9.88 Å². The van der Waals surface area contributed by atoms with Gasteiger partial charge in [0.15, 0.2) is 0 Å². The van der Waals surface area contributed by atoms with Crippen LogP contribution < -0.4 is 0 Å². The second-order valence-corrected chi connectivity index (χ2v) is 4.50. The van der Waals surface area contributed by atoms with Crippen LogP contribution in [0.4, 0.5) is 0 Å². The third-order valence-corrected chi connectivity index (χ3v) is 3.12. The number of nitrogens with zero attached hydrogens (tertiary/aromatic N) is 2. The van der Waals surface area contributed by atoms with Crippen molar-refractivity contribution in [2.45, 2.75) is 13.8 Å². The Morgan fingerprint density at radius 1 is 1.47 bits per heavy atom. The SMILES string of the molecule is CCOC(=O)c1cnc(-c2cc(C)ccn2)s1. The number of hydrogen-bond donors (Lipinski definition) is 0. The van der Waals surface area contributed by atoms with Crippen molar-refractivity contribution in [1.29, 1.82) is 0 Å². The molecular weight excluding hydrogens is 236 g/mol. The van der Waals surface area contributed by atoms with Crippen LogP contribution in [0.3, 0.4) is 0 Å². The zero-order chi connectivity index (χ0) is 12.3. The topological polar surface area (TPSA) is 52.1 Å². The molecule has 0 radical (unpaired) electrons. The lowest BCUT2D eigenvalue weighted by Crippen LogP contribution is -2.01. The highest BCUT2D eigenvalue weighted by molar-refractivity contribution is 7.16. The summed E-state index contributed by atoms with van der Waals surface area (Å²) in [5, 5.41) is 0.733. The van der Waals surface area contributed by atoms with E-state index in [1.807, 2.05) is 19.1 Å². The molecule has 0 bridgehead atoms. The first kappa shape index (κ1) is 11.7. The number of carbonyl (C=O) groups is 1. The van der Waals surface area contributed by atoms with Gasteiger partial charge in [0.05, 0.1) is 18.5 Å². The van der Waals surface area contributed by atoms with Crippen LogP contribution >= 0.6 is 11.3 Å². The fraction of sp³-hybridized carbons (Fsp3) is 0.250. The maximum Gasteiger partial charge on any atom is 0.349 e. The van der Waals surface area contributed by atoms with Gasteiger partial charge < -0.3 is 4.74 Å². The molecule has 0 amide bonds. The van der Waals surface area contributed by atoms with E-state index in [4.69, 9.17) is 4.74 Å². The standard InChI is InChI=1S/C12H12N2O2S/c1-3-16-12(15)10-7-14-11(17-10)9-6-8(2)4-5-13-9/h4-7H,3H2,1-2H3.